The molecule has 1 saturated heterocycles. The maximum Gasteiger partial charge on any atom is 0.410 e. The summed E-state index contributed by atoms with van der Waals surface area (Å²) < 4.78 is 11.2. The Kier molecular flexibility index (Phi) is 4.34. The molecule has 21 heavy (non-hydrogen) atoms. The Morgan fingerprint density at radius 3 is 2.52 bits per heavy atom. The molecule has 2 rings (SSSR count). The van der Waals surface area contributed by atoms with E-state index in [0.717, 1.165) is 6.42 Å². The normalized spacial score (nSPS) is 22.2. The molecular formula is C15H23N3O3. The van der Waals surface area contributed by atoms with E-state index in [1.54, 1.807) is 17.3 Å². The van der Waals surface area contributed by atoms with E-state index in [1.165, 1.54) is 0 Å². The van der Waals surface area contributed by atoms with E-state index >= 15 is 0 Å². The van der Waals surface area contributed by atoms with E-state index < -0.39 is 5.60 Å². The highest BCUT2D eigenvalue weighted by atomic mass is 16.6. The molecule has 2 atom stereocenters. The van der Waals surface area contributed by atoms with Crippen molar-refractivity contribution in [2.75, 3.05) is 6.54 Å². The molecule has 0 saturated carbocycles. The molecule has 2 heterocycles. The number of aryl methyl sites for hydroxylation is 1. The number of amides is 1. The van der Waals surface area contributed by atoms with E-state index in [4.69, 9.17) is 9.47 Å². The summed E-state index contributed by atoms with van der Waals surface area (Å²) in [5.41, 5.74) is -0.486. The zero-order chi connectivity index (χ0) is 15.6. The zero-order valence-electron chi connectivity index (χ0n) is 13.3. The minimum absolute atomic E-state index is 0.0566. The molecule has 0 aliphatic carbocycles. The van der Waals surface area contributed by atoms with E-state index in [2.05, 4.69) is 9.97 Å². The highest BCUT2D eigenvalue weighted by molar-refractivity contribution is 5.69. The lowest BCUT2D eigenvalue weighted by molar-refractivity contribution is 0.0224. The van der Waals surface area contributed by atoms with Crippen molar-refractivity contribution in [3.05, 3.63) is 18.2 Å². The molecular weight excluding hydrogens is 270 g/mol. The quantitative estimate of drug-likeness (QED) is 0.838. The first-order chi connectivity index (χ1) is 9.74. The summed E-state index contributed by atoms with van der Waals surface area (Å²) >= 11 is 0. The first-order valence-corrected chi connectivity index (χ1v) is 7.19. The lowest BCUT2D eigenvalue weighted by Crippen LogP contribution is -2.39. The van der Waals surface area contributed by atoms with E-state index in [0.29, 0.717) is 18.1 Å². The lowest BCUT2D eigenvalue weighted by atomic mass is 10.2. The summed E-state index contributed by atoms with van der Waals surface area (Å²) in [4.78, 5) is 22.1. The molecule has 0 radical (unpaired) electrons. The summed E-state index contributed by atoms with van der Waals surface area (Å²) in [6, 6.07) is 0.0937. The second-order valence-corrected chi connectivity index (χ2v) is 6.42. The maximum absolute atomic E-state index is 12.1. The summed E-state index contributed by atoms with van der Waals surface area (Å²) in [5.74, 6) is 1.33. The Bertz CT molecular complexity index is 496. The number of carbonyl (C=O) groups is 1. The topological polar surface area (TPSA) is 64.5 Å². The predicted molar refractivity (Wildman–Crippen MR) is 78.2 cm³/mol. The fraction of sp³-hybridized carbons (Fsp3) is 0.667. The number of carbonyl (C=O) groups excluding carboxylic acids is 1. The Morgan fingerprint density at radius 1 is 1.33 bits per heavy atom. The molecule has 0 spiro atoms. The van der Waals surface area contributed by atoms with Gasteiger partial charge < -0.3 is 14.4 Å². The largest absolute Gasteiger partial charge is 0.485 e. The zero-order valence-corrected chi connectivity index (χ0v) is 13.3. The number of ether oxygens (including phenoxy) is 2. The van der Waals surface area contributed by atoms with Gasteiger partial charge in [0.2, 0.25) is 0 Å². The first kappa shape index (κ1) is 15.5. The van der Waals surface area contributed by atoms with Gasteiger partial charge in [-0.25, -0.2) is 14.8 Å². The van der Waals surface area contributed by atoms with Crippen molar-refractivity contribution in [3.8, 4) is 5.75 Å². The highest BCUT2D eigenvalue weighted by Gasteiger charge is 2.36. The van der Waals surface area contributed by atoms with Crippen LogP contribution in [-0.4, -0.2) is 45.3 Å². The van der Waals surface area contributed by atoms with Gasteiger partial charge in [0.1, 0.15) is 17.5 Å². The Labute approximate surface area is 125 Å². The molecule has 6 nitrogen and oxygen atoms in total. The molecule has 0 aromatic carbocycles. The van der Waals surface area contributed by atoms with Crippen LogP contribution in [0.5, 0.6) is 5.75 Å². The van der Waals surface area contributed by atoms with Crippen LogP contribution in [0.3, 0.4) is 0 Å². The van der Waals surface area contributed by atoms with Crippen molar-refractivity contribution in [1.29, 1.82) is 0 Å². The monoisotopic (exact) mass is 293 g/mol. The number of aromatic nitrogens is 2. The first-order valence-electron chi connectivity index (χ1n) is 7.19. The summed E-state index contributed by atoms with van der Waals surface area (Å²) in [6.45, 7) is 9.93. The average molecular weight is 293 g/mol. The number of rotatable bonds is 2. The smallest absolute Gasteiger partial charge is 0.410 e. The van der Waals surface area contributed by atoms with Crippen molar-refractivity contribution >= 4 is 6.09 Å². The van der Waals surface area contributed by atoms with Gasteiger partial charge in [0.05, 0.1) is 18.9 Å². The van der Waals surface area contributed by atoms with Crippen LogP contribution in [-0.2, 0) is 4.74 Å². The Morgan fingerprint density at radius 2 is 1.95 bits per heavy atom. The number of hydrogen-bond donors (Lipinski definition) is 0. The molecule has 1 aromatic heterocycles. The van der Waals surface area contributed by atoms with Gasteiger partial charge in [-0.2, -0.15) is 0 Å². The van der Waals surface area contributed by atoms with Gasteiger partial charge in [0, 0.05) is 12.5 Å². The van der Waals surface area contributed by atoms with Gasteiger partial charge in [-0.15, -0.1) is 0 Å². The third kappa shape index (κ3) is 4.31. The molecule has 0 N–H and O–H groups in total. The average Bonchev–Trinajstić information content (AvgIpc) is 2.71. The molecule has 0 unspecified atom stereocenters. The van der Waals surface area contributed by atoms with Gasteiger partial charge in [-0.05, 0) is 34.6 Å². The number of hydrogen-bond acceptors (Lipinski definition) is 5. The maximum atomic E-state index is 12.1. The molecule has 1 aliphatic rings. The molecule has 1 amide bonds. The minimum Gasteiger partial charge on any atom is -0.485 e. The van der Waals surface area contributed by atoms with Crippen LogP contribution in [0.2, 0.25) is 0 Å². The molecule has 0 bridgehead atoms. The van der Waals surface area contributed by atoms with Gasteiger partial charge >= 0.3 is 6.09 Å². The van der Waals surface area contributed by atoms with E-state index in [1.807, 2.05) is 34.6 Å². The van der Waals surface area contributed by atoms with Crippen molar-refractivity contribution in [2.45, 2.75) is 58.8 Å². The summed E-state index contributed by atoms with van der Waals surface area (Å²) in [7, 11) is 0. The van der Waals surface area contributed by atoms with Crippen molar-refractivity contribution in [3.63, 3.8) is 0 Å². The Hall–Kier alpha value is -1.85. The van der Waals surface area contributed by atoms with Crippen LogP contribution in [0.15, 0.2) is 12.4 Å². The van der Waals surface area contributed by atoms with Crippen LogP contribution in [0.1, 0.15) is 39.9 Å². The second-order valence-electron chi connectivity index (χ2n) is 6.42. The third-order valence-electron chi connectivity index (χ3n) is 3.22. The molecule has 1 fully saturated rings. The Balaban J connectivity index is 1.94. The lowest BCUT2D eigenvalue weighted by Gasteiger charge is -2.26. The van der Waals surface area contributed by atoms with Crippen molar-refractivity contribution in [1.82, 2.24) is 14.9 Å². The van der Waals surface area contributed by atoms with Crippen LogP contribution < -0.4 is 4.74 Å². The number of nitrogens with zero attached hydrogens (tertiary/aromatic N) is 3. The second kappa shape index (κ2) is 5.87. The summed E-state index contributed by atoms with van der Waals surface area (Å²) in [5, 5.41) is 0. The van der Waals surface area contributed by atoms with Crippen LogP contribution in [0.4, 0.5) is 4.79 Å². The standard InChI is InChI=1S/C15H23N3O3/c1-10-6-12(20-13-7-16-11(2)17-8-13)9-18(10)14(19)21-15(3,4)5/h7-8,10,12H,6,9H2,1-5H3/t10-,12+/m0/s1. The van der Waals surface area contributed by atoms with Gasteiger partial charge in [-0.1, -0.05) is 0 Å². The molecule has 1 aromatic rings. The SMILES string of the molecule is Cc1ncc(O[C@@H]2C[C@H](C)N(C(=O)OC(C)(C)C)C2)cn1. The third-order valence-corrected chi connectivity index (χ3v) is 3.22. The fourth-order valence-electron chi connectivity index (χ4n) is 2.28. The van der Waals surface area contributed by atoms with Crippen LogP contribution in [0.25, 0.3) is 0 Å². The van der Waals surface area contributed by atoms with Crippen LogP contribution in [0, 0.1) is 6.92 Å². The summed E-state index contributed by atoms with van der Waals surface area (Å²) in [6.07, 6.45) is 3.74. The van der Waals surface area contributed by atoms with Crippen LogP contribution >= 0.6 is 0 Å². The number of likely N-dealkylation sites (tertiary alicyclic amines) is 1. The van der Waals surface area contributed by atoms with Crippen molar-refractivity contribution < 1.29 is 14.3 Å². The molecule has 116 valence electrons. The van der Waals surface area contributed by atoms with E-state index in [-0.39, 0.29) is 18.2 Å². The van der Waals surface area contributed by atoms with Gasteiger partial charge in [-0.3, -0.25) is 0 Å². The highest BCUT2D eigenvalue weighted by Crippen LogP contribution is 2.24. The molecule has 1 aliphatic heterocycles. The van der Waals surface area contributed by atoms with Gasteiger partial charge in [0.25, 0.3) is 0 Å². The van der Waals surface area contributed by atoms with E-state index in [9.17, 15) is 4.79 Å². The van der Waals surface area contributed by atoms with Gasteiger partial charge in [0.15, 0.2) is 5.75 Å². The van der Waals surface area contributed by atoms with Crippen molar-refractivity contribution in [2.24, 2.45) is 0 Å². The molecule has 6 heteroatoms. The minimum atomic E-state index is -0.486. The fourth-order valence-corrected chi connectivity index (χ4v) is 2.28. The predicted octanol–water partition coefficient (Wildman–Crippen LogP) is 2.56.